The molecule has 3 nitrogen and oxygen atoms in total. The lowest BCUT2D eigenvalue weighted by atomic mass is 10.2. The highest BCUT2D eigenvalue weighted by Gasteiger charge is 2.14. The summed E-state index contributed by atoms with van der Waals surface area (Å²) in [6.45, 7) is 0.485. The largest absolute Gasteiger partial charge is 0.383 e. The van der Waals surface area contributed by atoms with Crippen molar-refractivity contribution in [3.8, 4) is 0 Å². The van der Waals surface area contributed by atoms with Gasteiger partial charge in [0.25, 0.3) is 5.91 Å². The highest BCUT2D eigenvalue weighted by Crippen LogP contribution is 2.19. The van der Waals surface area contributed by atoms with Crippen LogP contribution in [0.1, 0.15) is 16.8 Å². The number of methoxy groups -OCH3 is 1. The summed E-state index contributed by atoms with van der Waals surface area (Å²) < 4.78 is 5.85. The molecule has 1 aromatic rings. The molecule has 18 heavy (non-hydrogen) atoms. The van der Waals surface area contributed by atoms with E-state index in [9.17, 15) is 4.79 Å². The van der Waals surface area contributed by atoms with Gasteiger partial charge in [0.15, 0.2) is 0 Å². The maximum atomic E-state index is 12.0. The van der Waals surface area contributed by atoms with E-state index in [2.05, 4.69) is 37.2 Å². The van der Waals surface area contributed by atoms with Crippen molar-refractivity contribution in [2.75, 3.05) is 19.0 Å². The number of carbonyl (C=O) groups is 1. The monoisotopic (exact) mass is 397 g/mol. The number of hydrogen-bond acceptors (Lipinski definition) is 2. The Bertz CT molecular complexity index is 389. The van der Waals surface area contributed by atoms with Crippen LogP contribution in [0.15, 0.2) is 22.7 Å². The van der Waals surface area contributed by atoms with Crippen molar-refractivity contribution in [2.24, 2.45) is 0 Å². The maximum absolute atomic E-state index is 12.0. The molecule has 0 bridgehead atoms. The molecule has 0 aliphatic carbocycles. The molecule has 0 saturated carbocycles. The number of alkyl halides is 1. The van der Waals surface area contributed by atoms with Gasteiger partial charge < -0.3 is 10.1 Å². The van der Waals surface area contributed by atoms with Crippen molar-refractivity contribution in [2.45, 2.75) is 12.5 Å². The first-order valence-corrected chi connectivity index (χ1v) is 7.68. The van der Waals surface area contributed by atoms with Gasteiger partial charge in [0.05, 0.1) is 12.6 Å². The molecular weight excluding hydrogens is 385 g/mol. The van der Waals surface area contributed by atoms with Gasteiger partial charge in [-0.3, -0.25) is 4.79 Å². The Morgan fingerprint density at radius 1 is 1.50 bits per heavy atom. The summed E-state index contributed by atoms with van der Waals surface area (Å²) in [7, 11) is 1.61. The second kappa shape index (κ2) is 8.15. The van der Waals surface area contributed by atoms with Gasteiger partial charge in [-0.1, -0.05) is 43.5 Å². The summed E-state index contributed by atoms with van der Waals surface area (Å²) in [5, 5.41) is 4.25. The zero-order valence-corrected chi connectivity index (χ0v) is 13.8. The molecule has 1 unspecified atom stereocenters. The van der Waals surface area contributed by atoms with Gasteiger partial charge in [0.2, 0.25) is 0 Å². The van der Waals surface area contributed by atoms with Crippen molar-refractivity contribution < 1.29 is 9.53 Å². The van der Waals surface area contributed by atoms with Gasteiger partial charge >= 0.3 is 0 Å². The standard InChI is InChI=1S/C12H14Br2ClNO2/c1-18-7-11(2-3-13)16-12(17)8-4-9(14)6-10(15)5-8/h4-6,11H,2-3,7H2,1H3,(H,16,17). The van der Waals surface area contributed by atoms with Crippen LogP contribution in [0.5, 0.6) is 0 Å². The highest BCUT2D eigenvalue weighted by atomic mass is 79.9. The smallest absolute Gasteiger partial charge is 0.251 e. The van der Waals surface area contributed by atoms with Gasteiger partial charge in [-0.25, -0.2) is 0 Å². The van der Waals surface area contributed by atoms with Crippen LogP contribution in [0.3, 0.4) is 0 Å². The van der Waals surface area contributed by atoms with Crippen molar-refractivity contribution in [1.82, 2.24) is 5.32 Å². The number of nitrogens with one attached hydrogen (secondary N) is 1. The Kier molecular flexibility index (Phi) is 7.22. The number of amides is 1. The van der Waals surface area contributed by atoms with Crippen molar-refractivity contribution in [3.05, 3.63) is 33.3 Å². The minimum atomic E-state index is -0.152. The average molecular weight is 400 g/mol. The van der Waals surface area contributed by atoms with Gasteiger partial charge in [0, 0.05) is 27.5 Å². The zero-order valence-electron chi connectivity index (χ0n) is 9.88. The maximum Gasteiger partial charge on any atom is 0.251 e. The molecule has 0 aromatic heterocycles. The zero-order chi connectivity index (χ0) is 13.5. The highest BCUT2D eigenvalue weighted by molar-refractivity contribution is 9.10. The fourth-order valence-electron chi connectivity index (χ4n) is 1.48. The first-order chi connectivity index (χ1) is 8.56. The summed E-state index contributed by atoms with van der Waals surface area (Å²) in [6, 6.07) is 5.10. The molecule has 100 valence electrons. The topological polar surface area (TPSA) is 38.3 Å². The number of hydrogen-bond donors (Lipinski definition) is 1. The quantitative estimate of drug-likeness (QED) is 0.742. The van der Waals surface area contributed by atoms with E-state index in [-0.39, 0.29) is 11.9 Å². The van der Waals surface area contributed by atoms with E-state index in [0.717, 1.165) is 16.2 Å². The third kappa shape index (κ3) is 5.26. The average Bonchev–Trinajstić information content (AvgIpc) is 2.28. The third-order valence-corrected chi connectivity index (χ3v) is 3.42. The molecule has 1 amide bonds. The van der Waals surface area contributed by atoms with E-state index in [1.165, 1.54) is 0 Å². The van der Waals surface area contributed by atoms with Gasteiger partial charge in [-0.05, 0) is 24.6 Å². The Morgan fingerprint density at radius 2 is 2.22 bits per heavy atom. The second-order valence-electron chi connectivity index (χ2n) is 3.76. The van der Waals surface area contributed by atoms with Crippen LogP contribution in [0.4, 0.5) is 0 Å². The molecule has 0 heterocycles. The summed E-state index contributed by atoms with van der Waals surface area (Å²) >= 11 is 12.6. The third-order valence-electron chi connectivity index (χ3n) is 2.29. The molecule has 0 spiro atoms. The minimum absolute atomic E-state index is 0.0142. The number of carbonyl (C=O) groups excluding carboxylic acids is 1. The molecule has 0 aliphatic rings. The molecule has 6 heteroatoms. The molecule has 0 saturated heterocycles. The van der Waals surface area contributed by atoms with Gasteiger partial charge in [-0.2, -0.15) is 0 Å². The van der Waals surface area contributed by atoms with Gasteiger partial charge in [0.1, 0.15) is 0 Å². The number of benzene rings is 1. The van der Waals surface area contributed by atoms with Crippen molar-refractivity contribution in [1.29, 1.82) is 0 Å². The summed E-state index contributed by atoms with van der Waals surface area (Å²) in [4.78, 5) is 12.0. The van der Waals surface area contributed by atoms with Crippen LogP contribution in [0.25, 0.3) is 0 Å². The molecule has 1 aromatic carbocycles. The van der Waals surface area contributed by atoms with E-state index in [4.69, 9.17) is 16.3 Å². The van der Waals surface area contributed by atoms with Crippen LogP contribution in [0, 0.1) is 0 Å². The molecule has 0 radical (unpaired) electrons. The summed E-state index contributed by atoms with van der Waals surface area (Å²) in [5.74, 6) is -0.152. The molecular formula is C12H14Br2ClNO2. The SMILES string of the molecule is COCC(CCBr)NC(=O)c1cc(Cl)cc(Br)c1. The minimum Gasteiger partial charge on any atom is -0.383 e. The van der Waals surface area contributed by atoms with E-state index >= 15 is 0 Å². The van der Waals surface area contributed by atoms with Crippen LogP contribution < -0.4 is 5.32 Å². The number of halogens is 3. The predicted octanol–water partition coefficient (Wildman–Crippen LogP) is 3.63. The van der Waals surface area contributed by atoms with Gasteiger partial charge in [-0.15, -0.1) is 0 Å². The lowest BCUT2D eigenvalue weighted by Crippen LogP contribution is -2.38. The van der Waals surface area contributed by atoms with Crippen molar-refractivity contribution in [3.63, 3.8) is 0 Å². The lowest BCUT2D eigenvalue weighted by Gasteiger charge is -2.17. The van der Waals surface area contributed by atoms with E-state index in [1.54, 1.807) is 25.3 Å². The Hall–Kier alpha value is -0.100. The fraction of sp³-hybridized carbons (Fsp3) is 0.417. The van der Waals surface area contributed by atoms with Crippen LogP contribution in [-0.4, -0.2) is 31.0 Å². The molecule has 1 rings (SSSR count). The fourth-order valence-corrected chi connectivity index (χ4v) is 2.90. The van der Waals surface area contributed by atoms with E-state index in [0.29, 0.717) is 17.2 Å². The second-order valence-corrected chi connectivity index (χ2v) is 5.91. The predicted molar refractivity (Wildman–Crippen MR) is 80.7 cm³/mol. The normalized spacial score (nSPS) is 12.2. The Balaban J connectivity index is 2.73. The van der Waals surface area contributed by atoms with E-state index in [1.807, 2.05) is 0 Å². The lowest BCUT2D eigenvalue weighted by molar-refractivity contribution is 0.0895. The van der Waals surface area contributed by atoms with E-state index < -0.39 is 0 Å². The first-order valence-electron chi connectivity index (χ1n) is 5.38. The van der Waals surface area contributed by atoms with Crippen LogP contribution >= 0.6 is 43.5 Å². The molecule has 0 fully saturated rings. The molecule has 1 N–H and O–H groups in total. The summed E-state index contributed by atoms with van der Waals surface area (Å²) in [6.07, 6.45) is 0.807. The first kappa shape index (κ1) is 16.0. The Labute approximate surface area is 128 Å². The summed E-state index contributed by atoms with van der Waals surface area (Å²) in [5.41, 5.74) is 0.532. The number of ether oxygens (including phenoxy) is 1. The van der Waals surface area contributed by atoms with Crippen LogP contribution in [-0.2, 0) is 4.74 Å². The molecule has 1 atom stereocenters. The Morgan fingerprint density at radius 3 is 2.78 bits per heavy atom. The van der Waals surface area contributed by atoms with Crippen LogP contribution in [0.2, 0.25) is 5.02 Å². The number of rotatable bonds is 6. The molecule has 0 aliphatic heterocycles. The van der Waals surface area contributed by atoms with Crippen molar-refractivity contribution >= 4 is 49.4 Å².